The van der Waals surface area contributed by atoms with Crippen molar-refractivity contribution in [3.63, 3.8) is 0 Å². The summed E-state index contributed by atoms with van der Waals surface area (Å²) in [6, 6.07) is 9.47. The molecule has 1 saturated heterocycles. The topological polar surface area (TPSA) is 75.7 Å². The molecule has 0 saturated carbocycles. The molecule has 0 spiro atoms. The minimum absolute atomic E-state index is 0.0424. The molecule has 144 valence electrons. The Balaban J connectivity index is 1.78. The predicted octanol–water partition coefficient (Wildman–Crippen LogP) is 3.26. The van der Waals surface area contributed by atoms with Crippen molar-refractivity contribution in [2.24, 2.45) is 0 Å². The fourth-order valence-corrected chi connectivity index (χ4v) is 4.27. The molecule has 3 rings (SSSR count). The molecule has 0 atom stereocenters. The van der Waals surface area contributed by atoms with Gasteiger partial charge in [-0.15, -0.1) is 0 Å². The van der Waals surface area contributed by atoms with Gasteiger partial charge in [0.1, 0.15) is 16.5 Å². The highest BCUT2D eigenvalue weighted by Crippen LogP contribution is 2.26. The van der Waals surface area contributed by atoms with Crippen LogP contribution in [0.4, 0.5) is 10.1 Å². The van der Waals surface area contributed by atoms with Crippen LogP contribution in [0.15, 0.2) is 47.4 Å². The number of amides is 1. The molecule has 6 nitrogen and oxygen atoms in total. The number of carbonyl (C=O) groups excluding carboxylic acids is 1. The SMILES string of the molecule is COc1ccc(F)cc1S(=O)(=O)Nc1ccc(C(=O)N2CCCCC2)cc1. The molecule has 1 amide bonds. The largest absolute Gasteiger partial charge is 0.495 e. The van der Waals surface area contributed by atoms with E-state index in [0.717, 1.165) is 44.5 Å². The lowest BCUT2D eigenvalue weighted by molar-refractivity contribution is 0.0724. The first-order valence-electron chi connectivity index (χ1n) is 8.66. The van der Waals surface area contributed by atoms with Crippen molar-refractivity contribution in [1.29, 1.82) is 0 Å². The van der Waals surface area contributed by atoms with E-state index in [1.807, 2.05) is 0 Å². The van der Waals surface area contributed by atoms with Gasteiger partial charge in [-0.2, -0.15) is 0 Å². The summed E-state index contributed by atoms with van der Waals surface area (Å²) in [7, 11) is -2.73. The van der Waals surface area contributed by atoms with Crippen LogP contribution in [-0.2, 0) is 10.0 Å². The zero-order valence-electron chi connectivity index (χ0n) is 14.9. The average molecular weight is 392 g/mol. The molecule has 27 heavy (non-hydrogen) atoms. The number of rotatable bonds is 5. The number of ether oxygens (including phenoxy) is 1. The number of carbonyl (C=O) groups is 1. The number of likely N-dealkylation sites (tertiary alicyclic amines) is 1. The summed E-state index contributed by atoms with van der Waals surface area (Å²) >= 11 is 0. The molecule has 1 heterocycles. The Labute approximate surface area is 158 Å². The van der Waals surface area contributed by atoms with Gasteiger partial charge in [0.15, 0.2) is 0 Å². The number of hydrogen-bond donors (Lipinski definition) is 1. The van der Waals surface area contributed by atoms with Gasteiger partial charge in [-0.05, 0) is 61.7 Å². The van der Waals surface area contributed by atoms with Gasteiger partial charge in [-0.1, -0.05) is 0 Å². The number of halogens is 1. The van der Waals surface area contributed by atoms with E-state index >= 15 is 0 Å². The summed E-state index contributed by atoms with van der Waals surface area (Å²) in [6.07, 6.45) is 3.13. The van der Waals surface area contributed by atoms with Crippen LogP contribution in [0, 0.1) is 5.82 Å². The highest BCUT2D eigenvalue weighted by atomic mass is 32.2. The van der Waals surface area contributed by atoms with Gasteiger partial charge in [0.05, 0.1) is 7.11 Å². The van der Waals surface area contributed by atoms with Crippen molar-refractivity contribution >= 4 is 21.6 Å². The number of piperidine rings is 1. The van der Waals surface area contributed by atoms with Crippen LogP contribution >= 0.6 is 0 Å². The molecule has 2 aromatic rings. The second-order valence-electron chi connectivity index (χ2n) is 6.33. The monoisotopic (exact) mass is 392 g/mol. The third kappa shape index (κ3) is 4.39. The number of methoxy groups -OCH3 is 1. The molecule has 1 aliphatic rings. The molecule has 0 radical (unpaired) electrons. The minimum atomic E-state index is -4.04. The number of nitrogens with zero attached hydrogens (tertiary/aromatic N) is 1. The van der Waals surface area contributed by atoms with Crippen molar-refractivity contribution in [2.45, 2.75) is 24.2 Å². The Kier molecular flexibility index (Phi) is 5.65. The fraction of sp³-hybridized carbons (Fsp3) is 0.316. The Hall–Kier alpha value is -2.61. The van der Waals surface area contributed by atoms with E-state index in [2.05, 4.69) is 4.72 Å². The van der Waals surface area contributed by atoms with Crippen LogP contribution < -0.4 is 9.46 Å². The van der Waals surface area contributed by atoms with Crippen molar-refractivity contribution < 1.29 is 22.3 Å². The zero-order valence-corrected chi connectivity index (χ0v) is 15.8. The highest BCUT2D eigenvalue weighted by Gasteiger charge is 2.21. The third-order valence-electron chi connectivity index (χ3n) is 4.44. The second-order valence-corrected chi connectivity index (χ2v) is 7.98. The molecule has 1 N–H and O–H groups in total. The Morgan fingerprint density at radius 3 is 2.37 bits per heavy atom. The Morgan fingerprint density at radius 2 is 1.74 bits per heavy atom. The molecule has 1 fully saturated rings. The summed E-state index contributed by atoms with van der Waals surface area (Å²) in [5, 5.41) is 0. The zero-order chi connectivity index (χ0) is 19.4. The maximum absolute atomic E-state index is 13.5. The lowest BCUT2D eigenvalue weighted by Crippen LogP contribution is -2.35. The minimum Gasteiger partial charge on any atom is -0.495 e. The van der Waals surface area contributed by atoms with Crippen LogP contribution in [0.3, 0.4) is 0 Å². The third-order valence-corrected chi connectivity index (χ3v) is 5.85. The van der Waals surface area contributed by atoms with E-state index in [-0.39, 0.29) is 22.2 Å². The normalized spacial score (nSPS) is 14.7. The van der Waals surface area contributed by atoms with Gasteiger partial charge in [0, 0.05) is 24.3 Å². The molecule has 0 unspecified atom stereocenters. The van der Waals surface area contributed by atoms with Crippen molar-refractivity contribution in [3.05, 3.63) is 53.8 Å². The maximum Gasteiger partial charge on any atom is 0.265 e. The molecule has 0 bridgehead atoms. The molecule has 0 aliphatic carbocycles. The first kappa shape index (κ1) is 19.2. The van der Waals surface area contributed by atoms with Crippen LogP contribution in [0.2, 0.25) is 0 Å². The number of sulfonamides is 1. The summed E-state index contributed by atoms with van der Waals surface area (Å²) in [4.78, 5) is 14.0. The van der Waals surface area contributed by atoms with Gasteiger partial charge in [0.25, 0.3) is 15.9 Å². The summed E-state index contributed by atoms with van der Waals surface area (Å²) in [5.74, 6) is -0.699. The van der Waals surface area contributed by atoms with Gasteiger partial charge in [0.2, 0.25) is 0 Å². The van der Waals surface area contributed by atoms with Crippen molar-refractivity contribution in [1.82, 2.24) is 4.90 Å². The number of benzene rings is 2. The van der Waals surface area contributed by atoms with E-state index < -0.39 is 15.8 Å². The Bertz CT molecular complexity index is 923. The van der Waals surface area contributed by atoms with Crippen molar-refractivity contribution in [2.75, 3.05) is 24.9 Å². The smallest absolute Gasteiger partial charge is 0.265 e. The van der Waals surface area contributed by atoms with Crippen LogP contribution in [0.25, 0.3) is 0 Å². The van der Waals surface area contributed by atoms with E-state index in [1.165, 1.54) is 25.3 Å². The first-order chi connectivity index (χ1) is 12.9. The average Bonchev–Trinajstić information content (AvgIpc) is 2.68. The van der Waals surface area contributed by atoms with Crippen molar-refractivity contribution in [3.8, 4) is 5.75 Å². The van der Waals surface area contributed by atoms with Crippen LogP contribution in [0.1, 0.15) is 29.6 Å². The van der Waals surface area contributed by atoms with Gasteiger partial charge in [-0.25, -0.2) is 12.8 Å². The predicted molar refractivity (Wildman–Crippen MR) is 100.0 cm³/mol. The summed E-state index contributed by atoms with van der Waals surface area (Å²) in [6.45, 7) is 1.49. The lowest BCUT2D eigenvalue weighted by atomic mass is 10.1. The first-order valence-corrected chi connectivity index (χ1v) is 10.1. The molecular formula is C19H21FN2O4S. The molecule has 0 aromatic heterocycles. The Morgan fingerprint density at radius 1 is 1.07 bits per heavy atom. The number of anilines is 1. The van der Waals surface area contributed by atoms with Gasteiger partial charge >= 0.3 is 0 Å². The molecule has 1 aliphatic heterocycles. The van der Waals surface area contributed by atoms with E-state index in [0.29, 0.717) is 5.56 Å². The van der Waals surface area contributed by atoms with E-state index in [9.17, 15) is 17.6 Å². The number of hydrogen-bond acceptors (Lipinski definition) is 4. The summed E-state index contributed by atoms with van der Waals surface area (Å²) in [5.41, 5.74) is 0.777. The van der Waals surface area contributed by atoms with Gasteiger partial charge < -0.3 is 9.64 Å². The second kappa shape index (κ2) is 7.96. The molecule has 2 aromatic carbocycles. The molecular weight excluding hydrogens is 371 g/mol. The maximum atomic E-state index is 13.5. The fourth-order valence-electron chi connectivity index (χ4n) is 3.03. The van der Waals surface area contributed by atoms with E-state index in [1.54, 1.807) is 17.0 Å². The van der Waals surface area contributed by atoms with Crippen LogP contribution in [-0.4, -0.2) is 39.4 Å². The quantitative estimate of drug-likeness (QED) is 0.847. The standard InChI is InChI=1S/C19H21FN2O4S/c1-26-17-10-7-15(20)13-18(17)27(24,25)21-16-8-5-14(6-9-16)19(23)22-11-3-2-4-12-22/h5-10,13,21H,2-4,11-12H2,1H3. The summed E-state index contributed by atoms with van der Waals surface area (Å²) < 4.78 is 46.0. The lowest BCUT2D eigenvalue weighted by Gasteiger charge is -2.26. The molecule has 8 heteroatoms. The van der Waals surface area contributed by atoms with Gasteiger partial charge in [-0.3, -0.25) is 9.52 Å². The number of nitrogens with one attached hydrogen (secondary N) is 1. The highest BCUT2D eigenvalue weighted by molar-refractivity contribution is 7.92. The van der Waals surface area contributed by atoms with E-state index in [4.69, 9.17) is 4.74 Å². The van der Waals surface area contributed by atoms with Crippen LogP contribution in [0.5, 0.6) is 5.75 Å².